The lowest BCUT2D eigenvalue weighted by atomic mass is 9.97. The number of ether oxygens (including phenoxy) is 1. The molecular formula is C19H28ClN3O4. The first-order chi connectivity index (χ1) is 12.5. The van der Waals surface area contributed by atoms with Crippen LogP contribution >= 0.6 is 12.4 Å². The number of halogens is 1. The maximum Gasteiger partial charge on any atom is 0.309 e. The SMILES string of the molecule is CCOC(=O)C1CCN(C(=O)CN(C)C(=O)c2ccc(CN)cc2)CC1.Cl. The summed E-state index contributed by atoms with van der Waals surface area (Å²) in [6.45, 7) is 3.61. The fourth-order valence-corrected chi connectivity index (χ4v) is 3.00. The number of carbonyl (C=O) groups is 3. The molecule has 0 spiro atoms. The van der Waals surface area contributed by atoms with Crippen molar-refractivity contribution in [2.45, 2.75) is 26.3 Å². The van der Waals surface area contributed by atoms with Crippen molar-refractivity contribution in [3.05, 3.63) is 35.4 Å². The van der Waals surface area contributed by atoms with E-state index in [0.717, 1.165) is 5.56 Å². The second kappa shape index (κ2) is 10.9. The molecule has 0 atom stereocenters. The third kappa shape index (κ3) is 6.22. The zero-order valence-corrected chi connectivity index (χ0v) is 16.7. The third-order valence-electron chi connectivity index (χ3n) is 4.62. The molecule has 150 valence electrons. The molecule has 1 heterocycles. The van der Waals surface area contributed by atoms with Crippen LogP contribution in [0.2, 0.25) is 0 Å². The summed E-state index contributed by atoms with van der Waals surface area (Å²) in [6.07, 6.45) is 1.20. The minimum absolute atomic E-state index is 0. The van der Waals surface area contributed by atoms with E-state index >= 15 is 0 Å². The Bertz CT molecular complexity index is 643. The van der Waals surface area contributed by atoms with Crippen LogP contribution in [0.4, 0.5) is 0 Å². The van der Waals surface area contributed by atoms with Gasteiger partial charge in [-0.25, -0.2) is 0 Å². The van der Waals surface area contributed by atoms with Crippen LogP contribution < -0.4 is 5.73 Å². The van der Waals surface area contributed by atoms with Crippen molar-refractivity contribution in [3.8, 4) is 0 Å². The highest BCUT2D eigenvalue weighted by atomic mass is 35.5. The molecule has 1 aromatic carbocycles. The summed E-state index contributed by atoms with van der Waals surface area (Å²) in [5.41, 5.74) is 7.03. The number of benzene rings is 1. The summed E-state index contributed by atoms with van der Waals surface area (Å²) in [5.74, 6) is -0.641. The molecule has 1 aliphatic heterocycles. The number of rotatable bonds is 6. The van der Waals surface area contributed by atoms with Crippen LogP contribution in [-0.2, 0) is 20.9 Å². The highest BCUT2D eigenvalue weighted by Gasteiger charge is 2.29. The highest BCUT2D eigenvalue weighted by molar-refractivity contribution is 5.96. The van der Waals surface area contributed by atoms with Gasteiger partial charge in [-0.3, -0.25) is 14.4 Å². The Balaban J connectivity index is 0.00000364. The summed E-state index contributed by atoms with van der Waals surface area (Å²) in [4.78, 5) is 39.8. The number of hydrogen-bond acceptors (Lipinski definition) is 5. The first-order valence-electron chi connectivity index (χ1n) is 8.95. The molecule has 1 aliphatic rings. The molecule has 0 bridgehead atoms. The predicted molar refractivity (Wildman–Crippen MR) is 104 cm³/mol. The Hall–Kier alpha value is -2.12. The molecule has 1 fully saturated rings. The average Bonchev–Trinajstić information content (AvgIpc) is 2.67. The van der Waals surface area contributed by atoms with Gasteiger partial charge in [0.25, 0.3) is 5.91 Å². The van der Waals surface area contributed by atoms with E-state index in [1.807, 2.05) is 12.1 Å². The van der Waals surface area contributed by atoms with Gasteiger partial charge in [0.05, 0.1) is 19.1 Å². The van der Waals surface area contributed by atoms with Gasteiger partial charge < -0.3 is 20.3 Å². The number of likely N-dealkylation sites (N-methyl/N-ethyl adjacent to an activating group) is 1. The number of likely N-dealkylation sites (tertiary alicyclic amines) is 1. The lowest BCUT2D eigenvalue weighted by Gasteiger charge is -2.32. The van der Waals surface area contributed by atoms with E-state index in [2.05, 4.69) is 0 Å². The van der Waals surface area contributed by atoms with Crippen LogP contribution in [0.3, 0.4) is 0 Å². The molecular weight excluding hydrogens is 370 g/mol. The fourth-order valence-electron chi connectivity index (χ4n) is 3.00. The quantitative estimate of drug-likeness (QED) is 0.733. The minimum Gasteiger partial charge on any atom is -0.466 e. The molecule has 0 radical (unpaired) electrons. The molecule has 2 N–H and O–H groups in total. The number of hydrogen-bond donors (Lipinski definition) is 1. The number of piperidine rings is 1. The maximum atomic E-state index is 12.4. The van der Waals surface area contributed by atoms with Gasteiger partial charge in [0.2, 0.25) is 5.91 Å². The topological polar surface area (TPSA) is 92.9 Å². The molecule has 0 unspecified atom stereocenters. The number of carbonyl (C=O) groups excluding carboxylic acids is 3. The molecule has 27 heavy (non-hydrogen) atoms. The minimum atomic E-state index is -0.205. The molecule has 0 aromatic heterocycles. The molecule has 1 saturated heterocycles. The predicted octanol–water partition coefficient (Wildman–Crippen LogP) is 1.44. The largest absolute Gasteiger partial charge is 0.466 e. The van der Waals surface area contributed by atoms with Gasteiger partial charge in [-0.2, -0.15) is 0 Å². The van der Waals surface area contributed by atoms with Crippen molar-refractivity contribution >= 4 is 30.2 Å². The first kappa shape index (κ1) is 22.9. The Morgan fingerprint density at radius 1 is 1.19 bits per heavy atom. The lowest BCUT2D eigenvalue weighted by Crippen LogP contribution is -2.45. The zero-order chi connectivity index (χ0) is 19.1. The van der Waals surface area contributed by atoms with E-state index in [4.69, 9.17) is 10.5 Å². The first-order valence-corrected chi connectivity index (χ1v) is 8.95. The van der Waals surface area contributed by atoms with Gasteiger partial charge in [0, 0.05) is 32.2 Å². The lowest BCUT2D eigenvalue weighted by molar-refractivity contribution is -0.151. The van der Waals surface area contributed by atoms with Crippen LogP contribution in [0.25, 0.3) is 0 Å². The maximum absolute atomic E-state index is 12.4. The van der Waals surface area contributed by atoms with Crippen LogP contribution in [0.15, 0.2) is 24.3 Å². The van der Waals surface area contributed by atoms with E-state index in [0.29, 0.717) is 44.6 Å². The number of nitrogens with zero attached hydrogens (tertiary/aromatic N) is 2. The summed E-state index contributed by atoms with van der Waals surface area (Å²) in [6, 6.07) is 7.05. The normalized spacial score (nSPS) is 14.3. The van der Waals surface area contributed by atoms with Crippen LogP contribution in [-0.4, -0.2) is 60.9 Å². The Labute approximate surface area is 166 Å². The van der Waals surface area contributed by atoms with Gasteiger partial charge >= 0.3 is 5.97 Å². The Morgan fingerprint density at radius 3 is 2.30 bits per heavy atom. The second-order valence-corrected chi connectivity index (χ2v) is 6.47. The van der Waals surface area contributed by atoms with E-state index in [1.54, 1.807) is 31.0 Å². The molecule has 8 heteroatoms. The summed E-state index contributed by atoms with van der Waals surface area (Å²) >= 11 is 0. The molecule has 0 saturated carbocycles. The van der Waals surface area contributed by atoms with Crippen molar-refractivity contribution in [2.24, 2.45) is 11.7 Å². The highest BCUT2D eigenvalue weighted by Crippen LogP contribution is 2.19. The number of amides is 2. The van der Waals surface area contributed by atoms with Crippen molar-refractivity contribution < 1.29 is 19.1 Å². The molecule has 7 nitrogen and oxygen atoms in total. The van der Waals surface area contributed by atoms with Crippen molar-refractivity contribution in [1.29, 1.82) is 0 Å². The molecule has 2 rings (SSSR count). The number of esters is 1. The van der Waals surface area contributed by atoms with Crippen molar-refractivity contribution in [1.82, 2.24) is 9.80 Å². The second-order valence-electron chi connectivity index (χ2n) is 6.47. The summed E-state index contributed by atoms with van der Waals surface area (Å²) in [5, 5.41) is 0. The Kier molecular flexibility index (Phi) is 9.25. The van der Waals surface area contributed by atoms with E-state index in [9.17, 15) is 14.4 Å². The third-order valence-corrected chi connectivity index (χ3v) is 4.62. The zero-order valence-electron chi connectivity index (χ0n) is 15.8. The van der Waals surface area contributed by atoms with Gasteiger partial charge in [-0.1, -0.05) is 12.1 Å². The van der Waals surface area contributed by atoms with E-state index in [1.165, 1.54) is 4.90 Å². The monoisotopic (exact) mass is 397 g/mol. The average molecular weight is 398 g/mol. The van der Waals surface area contributed by atoms with Crippen molar-refractivity contribution in [3.63, 3.8) is 0 Å². The smallest absolute Gasteiger partial charge is 0.309 e. The van der Waals surface area contributed by atoms with Gasteiger partial charge in [-0.05, 0) is 37.5 Å². The fraction of sp³-hybridized carbons (Fsp3) is 0.526. The van der Waals surface area contributed by atoms with Gasteiger partial charge in [-0.15, -0.1) is 12.4 Å². The standard InChI is InChI=1S/C19H27N3O4.ClH/c1-3-26-19(25)16-8-10-22(11-9-16)17(23)13-21(2)18(24)15-6-4-14(12-20)5-7-15;/h4-7,16H,3,8-13,20H2,1-2H3;1H. The Morgan fingerprint density at radius 2 is 1.78 bits per heavy atom. The molecule has 2 amide bonds. The van der Waals surface area contributed by atoms with Crippen LogP contribution in [0.5, 0.6) is 0 Å². The van der Waals surface area contributed by atoms with Crippen molar-refractivity contribution in [2.75, 3.05) is 33.3 Å². The summed E-state index contributed by atoms with van der Waals surface area (Å²) in [7, 11) is 1.61. The van der Waals surface area contributed by atoms with Crippen LogP contribution in [0.1, 0.15) is 35.7 Å². The number of nitrogens with two attached hydrogens (primary N) is 1. The molecule has 1 aromatic rings. The van der Waals surface area contributed by atoms with Gasteiger partial charge in [0.15, 0.2) is 0 Å². The van der Waals surface area contributed by atoms with E-state index < -0.39 is 0 Å². The van der Waals surface area contributed by atoms with E-state index in [-0.39, 0.29) is 42.7 Å². The molecule has 0 aliphatic carbocycles. The van der Waals surface area contributed by atoms with Gasteiger partial charge in [0.1, 0.15) is 0 Å². The summed E-state index contributed by atoms with van der Waals surface area (Å²) < 4.78 is 5.04. The van der Waals surface area contributed by atoms with Crippen LogP contribution in [0, 0.1) is 5.92 Å².